The maximum absolute atomic E-state index is 13.5. The molecule has 1 fully saturated rings. The van der Waals surface area contributed by atoms with Crippen molar-refractivity contribution in [2.24, 2.45) is 0 Å². The Labute approximate surface area is 293 Å². The van der Waals surface area contributed by atoms with Gasteiger partial charge in [-0.3, -0.25) is 0 Å². The standard InChI is InChI=1S/C37H28N4O8S2/c38-40-31-21-23-7-1-2-8-28(23)36(35(31)43)51(46,47)49-27-17-13-25(14-18-27)37(19-5-6-20-37)24-11-15-26(16-12-24)48-50(44,45)33-22-32(41-39)34(42)30-10-4-3-9-29(30)33/h1-4,7,9-18,22H,5-6,8,19-21H2. The lowest BCUT2D eigenvalue weighted by Gasteiger charge is -2.31. The third-order valence-corrected chi connectivity index (χ3v) is 12.2. The average molecular weight is 721 g/mol. The molecule has 4 aromatic rings. The highest BCUT2D eigenvalue weighted by atomic mass is 32.2. The Kier molecular flexibility index (Phi) is 8.37. The molecule has 0 heterocycles. The molecule has 3 aliphatic rings. The molecule has 0 unspecified atom stereocenters. The van der Waals surface area contributed by atoms with Crippen molar-refractivity contribution in [1.29, 1.82) is 10.8 Å². The van der Waals surface area contributed by atoms with Crippen molar-refractivity contribution in [2.75, 3.05) is 0 Å². The minimum Gasteiger partial charge on any atom is -0.867 e. The lowest BCUT2D eigenvalue weighted by atomic mass is 9.73. The SMILES string of the molecule is N#[N+]C1=C([O-])C(S(=O)(=O)Oc2ccc(C3(c4ccc(OS(=O)(=O)c5cc([N+]#N)c([O-])c6ccccc56)cc4)CCCC3)cc2)=C2CC=CC=C2C1. The molecule has 12 nitrogen and oxygen atoms in total. The van der Waals surface area contributed by atoms with E-state index in [1.54, 1.807) is 66.8 Å². The van der Waals surface area contributed by atoms with E-state index in [-0.39, 0.29) is 45.7 Å². The number of hydrogen-bond donors (Lipinski definition) is 0. The summed E-state index contributed by atoms with van der Waals surface area (Å²) in [7, 11) is -9.04. The van der Waals surface area contributed by atoms with Gasteiger partial charge in [-0.15, -0.1) is 0 Å². The van der Waals surface area contributed by atoms with Crippen molar-refractivity contribution in [2.45, 2.75) is 48.8 Å². The van der Waals surface area contributed by atoms with Crippen LogP contribution in [0.3, 0.4) is 0 Å². The van der Waals surface area contributed by atoms with Crippen LogP contribution in [0.1, 0.15) is 49.7 Å². The van der Waals surface area contributed by atoms with Gasteiger partial charge in [-0.2, -0.15) is 16.8 Å². The fraction of sp³-hybridized carbons (Fsp3) is 0.189. The molecule has 0 spiro atoms. The number of allylic oxidation sites excluding steroid dienone is 5. The molecule has 256 valence electrons. The second-order valence-electron chi connectivity index (χ2n) is 12.5. The molecule has 0 radical (unpaired) electrons. The van der Waals surface area contributed by atoms with Gasteiger partial charge in [-0.05, 0) is 76.9 Å². The van der Waals surface area contributed by atoms with E-state index in [0.29, 0.717) is 11.1 Å². The summed E-state index contributed by atoms with van der Waals surface area (Å²) >= 11 is 0. The highest BCUT2D eigenvalue weighted by Gasteiger charge is 2.39. The first-order valence-corrected chi connectivity index (χ1v) is 18.8. The van der Waals surface area contributed by atoms with Crippen molar-refractivity contribution in [3.8, 4) is 17.2 Å². The molecule has 51 heavy (non-hydrogen) atoms. The van der Waals surface area contributed by atoms with Crippen molar-refractivity contribution < 1.29 is 35.4 Å². The largest absolute Gasteiger partial charge is 0.867 e. The fourth-order valence-corrected chi connectivity index (χ4v) is 9.65. The molecule has 0 aromatic heterocycles. The van der Waals surface area contributed by atoms with Gasteiger partial charge in [0.1, 0.15) is 21.3 Å². The Balaban J connectivity index is 1.15. The average Bonchev–Trinajstić information content (AvgIpc) is 3.63. The van der Waals surface area contributed by atoms with E-state index in [2.05, 4.69) is 9.95 Å². The highest BCUT2D eigenvalue weighted by Crippen LogP contribution is 2.48. The van der Waals surface area contributed by atoms with Crippen LogP contribution in [-0.2, 0) is 25.7 Å². The Morgan fingerprint density at radius 1 is 0.745 bits per heavy atom. The second-order valence-corrected chi connectivity index (χ2v) is 15.5. The first-order valence-electron chi connectivity index (χ1n) is 16.0. The number of diazo groups is 2. The van der Waals surface area contributed by atoms with Crippen LogP contribution in [0.25, 0.3) is 20.7 Å². The van der Waals surface area contributed by atoms with E-state index in [9.17, 15) is 37.8 Å². The molecule has 0 amide bonds. The predicted octanol–water partition coefficient (Wildman–Crippen LogP) is 6.70. The van der Waals surface area contributed by atoms with E-state index in [4.69, 9.17) is 8.37 Å². The molecule has 0 N–H and O–H groups in total. The summed E-state index contributed by atoms with van der Waals surface area (Å²) in [5, 5.41) is 44.5. The van der Waals surface area contributed by atoms with Crippen LogP contribution in [0.5, 0.6) is 17.2 Å². The van der Waals surface area contributed by atoms with Crippen LogP contribution >= 0.6 is 0 Å². The number of fused-ring (bicyclic) bond motifs is 2. The van der Waals surface area contributed by atoms with Gasteiger partial charge in [0.25, 0.3) is 0 Å². The summed E-state index contributed by atoms with van der Waals surface area (Å²) in [6, 6.07) is 20.3. The Bertz CT molecular complexity index is 2540. The van der Waals surface area contributed by atoms with Crippen molar-refractivity contribution in [1.82, 2.24) is 0 Å². The van der Waals surface area contributed by atoms with Gasteiger partial charge in [0, 0.05) is 16.6 Å². The number of nitrogens with zero attached hydrogens (tertiary/aromatic N) is 4. The maximum atomic E-state index is 13.5. The predicted molar refractivity (Wildman–Crippen MR) is 183 cm³/mol. The molecular weight excluding hydrogens is 693 g/mol. The van der Waals surface area contributed by atoms with Crippen molar-refractivity contribution >= 4 is 36.7 Å². The van der Waals surface area contributed by atoms with E-state index in [0.717, 1.165) is 42.9 Å². The zero-order valence-corrected chi connectivity index (χ0v) is 28.5. The molecular formula is C37H28N4O8S2. The molecule has 0 saturated heterocycles. The molecule has 4 aromatic carbocycles. The summed E-state index contributed by atoms with van der Waals surface area (Å²) in [4.78, 5) is 5.13. The fourth-order valence-electron chi connectivity index (χ4n) is 7.18. The van der Waals surface area contributed by atoms with Gasteiger partial charge in [0.05, 0.1) is 12.5 Å². The van der Waals surface area contributed by atoms with Gasteiger partial charge in [-0.25, -0.2) is 0 Å². The van der Waals surface area contributed by atoms with Crippen LogP contribution in [0, 0.1) is 10.8 Å². The maximum Gasteiger partial charge on any atom is 0.379 e. The minimum absolute atomic E-state index is 0.00128. The summed E-state index contributed by atoms with van der Waals surface area (Å²) in [6.45, 7) is 0. The molecule has 14 heteroatoms. The first-order chi connectivity index (χ1) is 24.5. The zero-order chi connectivity index (χ0) is 36.0. The smallest absolute Gasteiger partial charge is 0.379 e. The zero-order valence-electron chi connectivity index (χ0n) is 26.9. The van der Waals surface area contributed by atoms with E-state index >= 15 is 0 Å². The molecule has 7 rings (SSSR count). The summed E-state index contributed by atoms with van der Waals surface area (Å²) in [6.07, 6.45) is 8.81. The van der Waals surface area contributed by atoms with Crippen LogP contribution in [-0.4, -0.2) is 16.8 Å². The third kappa shape index (κ3) is 5.88. The quantitative estimate of drug-likeness (QED) is 0.140. The molecule has 0 bridgehead atoms. The van der Waals surface area contributed by atoms with Crippen LogP contribution in [0.4, 0.5) is 5.69 Å². The molecule has 0 aliphatic heterocycles. The van der Waals surface area contributed by atoms with E-state index < -0.39 is 47.8 Å². The lowest BCUT2D eigenvalue weighted by molar-refractivity contribution is -0.297. The normalized spacial score (nSPS) is 17.0. The number of rotatable bonds is 8. The Hall–Kier alpha value is -5.96. The van der Waals surface area contributed by atoms with Crippen LogP contribution in [0.15, 0.2) is 129 Å². The third-order valence-electron chi connectivity index (χ3n) is 9.61. The minimum atomic E-state index is -4.59. The topological polar surface area (TPSA) is 189 Å². The summed E-state index contributed by atoms with van der Waals surface area (Å²) in [5.74, 6) is -1.48. The molecule has 0 atom stereocenters. The summed E-state index contributed by atoms with van der Waals surface area (Å²) < 4.78 is 64.7. The first kappa shape index (κ1) is 33.5. The van der Waals surface area contributed by atoms with Crippen molar-refractivity contribution in [3.05, 3.63) is 146 Å². The molecule has 3 aliphatic carbocycles. The Morgan fingerprint density at radius 2 is 1.33 bits per heavy atom. The highest BCUT2D eigenvalue weighted by molar-refractivity contribution is 7.91. The van der Waals surface area contributed by atoms with Crippen LogP contribution in [0.2, 0.25) is 0 Å². The van der Waals surface area contributed by atoms with Crippen LogP contribution < -0.4 is 18.6 Å². The van der Waals surface area contributed by atoms with E-state index in [1.165, 1.54) is 24.3 Å². The summed E-state index contributed by atoms with van der Waals surface area (Å²) in [5.41, 5.74) is 1.50. The van der Waals surface area contributed by atoms with Crippen molar-refractivity contribution in [3.63, 3.8) is 0 Å². The Morgan fingerprint density at radius 3 is 1.92 bits per heavy atom. The van der Waals surface area contributed by atoms with Gasteiger partial charge < -0.3 is 18.6 Å². The lowest BCUT2D eigenvalue weighted by Crippen LogP contribution is -2.26. The number of hydrogen-bond acceptors (Lipinski definition) is 10. The molecule has 1 saturated carbocycles. The van der Waals surface area contributed by atoms with Gasteiger partial charge in [0.2, 0.25) is 10.8 Å². The van der Waals surface area contributed by atoms with Gasteiger partial charge >= 0.3 is 31.6 Å². The van der Waals surface area contributed by atoms with E-state index in [1.807, 2.05) is 0 Å². The second kappa shape index (κ2) is 12.7. The van der Waals surface area contributed by atoms with Gasteiger partial charge in [0.15, 0.2) is 9.95 Å². The number of benzene rings is 4. The monoisotopic (exact) mass is 720 g/mol. The van der Waals surface area contributed by atoms with Gasteiger partial charge in [-0.1, -0.05) is 79.6 Å².